The van der Waals surface area contributed by atoms with Crippen molar-refractivity contribution in [2.24, 2.45) is 4.99 Å². The first-order valence-corrected chi connectivity index (χ1v) is 9.58. The van der Waals surface area contributed by atoms with Crippen LogP contribution in [0.15, 0.2) is 59.6 Å². The van der Waals surface area contributed by atoms with Crippen LogP contribution < -0.4 is 15.4 Å². The van der Waals surface area contributed by atoms with Crippen LogP contribution in [-0.2, 0) is 17.9 Å². The van der Waals surface area contributed by atoms with Crippen molar-refractivity contribution in [3.05, 3.63) is 65.7 Å². The molecule has 0 bridgehead atoms. The number of benzene rings is 2. The molecule has 0 fully saturated rings. The lowest BCUT2D eigenvalue weighted by Gasteiger charge is -2.11. The number of nitrogens with one attached hydrogen (secondary N) is 2. The van der Waals surface area contributed by atoms with Crippen LogP contribution in [0.1, 0.15) is 30.9 Å². The largest absolute Gasteiger partial charge is 0.497 e. The maximum absolute atomic E-state index is 5.72. The highest BCUT2D eigenvalue weighted by Gasteiger charge is 1.99. The van der Waals surface area contributed by atoms with Gasteiger partial charge in [-0.1, -0.05) is 42.5 Å². The van der Waals surface area contributed by atoms with Crippen molar-refractivity contribution >= 4 is 29.9 Å². The molecule has 2 N–H and O–H groups in total. The zero-order chi connectivity index (χ0) is 19.2. The zero-order valence-corrected chi connectivity index (χ0v) is 19.1. The quantitative estimate of drug-likeness (QED) is 0.210. The van der Waals surface area contributed by atoms with Gasteiger partial charge in [-0.15, -0.1) is 24.0 Å². The Kier molecular flexibility index (Phi) is 13.1. The summed E-state index contributed by atoms with van der Waals surface area (Å²) < 4.78 is 11.0. The zero-order valence-electron chi connectivity index (χ0n) is 16.8. The van der Waals surface area contributed by atoms with E-state index in [1.165, 1.54) is 5.56 Å². The molecule has 0 saturated heterocycles. The summed E-state index contributed by atoms with van der Waals surface area (Å²) in [6.07, 6.45) is 2.06. The first kappa shape index (κ1) is 24.2. The number of unbranched alkanes of at least 4 members (excludes halogenated alkanes) is 1. The Balaban J connectivity index is 0.00000392. The lowest BCUT2D eigenvalue weighted by molar-refractivity contribution is 0.117. The summed E-state index contributed by atoms with van der Waals surface area (Å²) in [6, 6.07) is 18.3. The van der Waals surface area contributed by atoms with Crippen molar-refractivity contribution in [3.63, 3.8) is 0 Å². The van der Waals surface area contributed by atoms with E-state index in [0.717, 1.165) is 49.8 Å². The van der Waals surface area contributed by atoms with Crippen LogP contribution in [0.3, 0.4) is 0 Å². The first-order chi connectivity index (χ1) is 13.3. The number of rotatable bonds is 11. The van der Waals surface area contributed by atoms with E-state index in [-0.39, 0.29) is 24.0 Å². The molecule has 0 aliphatic heterocycles. The summed E-state index contributed by atoms with van der Waals surface area (Å²) >= 11 is 0. The van der Waals surface area contributed by atoms with Crippen LogP contribution in [0.2, 0.25) is 0 Å². The van der Waals surface area contributed by atoms with Crippen LogP contribution in [0, 0.1) is 0 Å². The van der Waals surface area contributed by atoms with Crippen LogP contribution >= 0.6 is 24.0 Å². The first-order valence-electron chi connectivity index (χ1n) is 9.58. The smallest absolute Gasteiger partial charge is 0.191 e. The van der Waals surface area contributed by atoms with Gasteiger partial charge in [0, 0.05) is 19.7 Å². The van der Waals surface area contributed by atoms with E-state index in [1.807, 2.05) is 36.4 Å². The monoisotopic (exact) mass is 497 g/mol. The Morgan fingerprint density at radius 1 is 0.964 bits per heavy atom. The summed E-state index contributed by atoms with van der Waals surface area (Å²) in [5, 5.41) is 6.66. The standard InChI is InChI=1S/C22H31N3O2.HI/c1-3-23-22(25-17-20-12-9-13-21(16-20)26-2)24-14-7-8-15-27-18-19-10-5-4-6-11-19;/h4-6,9-13,16H,3,7-8,14-15,17-18H2,1-2H3,(H2,23,24,25);1H. The Morgan fingerprint density at radius 3 is 2.50 bits per heavy atom. The average molecular weight is 497 g/mol. The van der Waals surface area contributed by atoms with Gasteiger partial charge in [-0.05, 0) is 43.0 Å². The van der Waals surface area contributed by atoms with Gasteiger partial charge in [0.25, 0.3) is 0 Å². The third-order valence-corrected chi connectivity index (χ3v) is 4.02. The molecule has 0 spiro atoms. The van der Waals surface area contributed by atoms with Crippen LogP contribution in [-0.4, -0.2) is 32.8 Å². The summed E-state index contributed by atoms with van der Waals surface area (Å²) in [5.74, 6) is 1.70. The van der Waals surface area contributed by atoms with Gasteiger partial charge in [-0.2, -0.15) is 0 Å². The highest BCUT2D eigenvalue weighted by molar-refractivity contribution is 14.0. The molecule has 0 atom stereocenters. The van der Waals surface area contributed by atoms with Crippen molar-refractivity contribution in [3.8, 4) is 5.75 Å². The number of hydrogen-bond donors (Lipinski definition) is 2. The van der Waals surface area contributed by atoms with Gasteiger partial charge in [-0.3, -0.25) is 0 Å². The topological polar surface area (TPSA) is 54.9 Å². The molecule has 2 aromatic carbocycles. The molecule has 0 heterocycles. The Morgan fingerprint density at radius 2 is 1.75 bits per heavy atom. The molecule has 0 saturated carbocycles. The minimum atomic E-state index is 0. The van der Waals surface area contributed by atoms with E-state index >= 15 is 0 Å². The number of ether oxygens (including phenoxy) is 2. The molecule has 2 rings (SSSR count). The van der Waals surface area contributed by atoms with Gasteiger partial charge in [0.15, 0.2) is 5.96 Å². The third-order valence-electron chi connectivity index (χ3n) is 4.02. The second-order valence-corrected chi connectivity index (χ2v) is 6.22. The summed E-state index contributed by atoms with van der Waals surface area (Å²) in [5.41, 5.74) is 2.34. The van der Waals surface area contributed by atoms with E-state index < -0.39 is 0 Å². The molecule has 0 aliphatic rings. The minimum absolute atomic E-state index is 0. The second-order valence-electron chi connectivity index (χ2n) is 6.22. The van der Waals surface area contributed by atoms with Crippen LogP contribution in [0.25, 0.3) is 0 Å². The minimum Gasteiger partial charge on any atom is -0.497 e. The van der Waals surface area contributed by atoms with Gasteiger partial charge in [0.2, 0.25) is 0 Å². The Hall–Kier alpha value is -1.80. The van der Waals surface area contributed by atoms with Gasteiger partial charge in [0.1, 0.15) is 5.75 Å². The highest BCUT2D eigenvalue weighted by Crippen LogP contribution is 2.13. The molecular weight excluding hydrogens is 465 g/mol. The molecule has 28 heavy (non-hydrogen) atoms. The number of guanidine groups is 1. The predicted molar refractivity (Wildman–Crippen MR) is 127 cm³/mol. The number of nitrogens with zero attached hydrogens (tertiary/aromatic N) is 1. The molecule has 5 nitrogen and oxygen atoms in total. The van der Waals surface area contributed by atoms with E-state index in [2.05, 4.69) is 40.7 Å². The van der Waals surface area contributed by atoms with Crippen molar-refractivity contribution in [1.82, 2.24) is 10.6 Å². The lowest BCUT2D eigenvalue weighted by Crippen LogP contribution is -2.37. The molecule has 0 aliphatic carbocycles. The van der Waals surface area contributed by atoms with E-state index in [0.29, 0.717) is 13.2 Å². The van der Waals surface area contributed by atoms with Gasteiger partial charge in [-0.25, -0.2) is 4.99 Å². The van der Waals surface area contributed by atoms with Crippen molar-refractivity contribution < 1.29 is 9.47 Å². The predicted octanol–water partition coefficient (Wildman–Crippen LogP) is 4.37. The van der Waals surface area contributed by atoms with Crippen LogP contribution in [0.4, 0.5) is 0 Å². The lowest BCUT2D eigenvalue weighted by atomic mass is 10.2. The summed E-state index contributed by atoms with van der Waals surface area (Å²) in [6.45, 7) is 5.85. The average Bonchev–Trinajstić information content (AvgIpc) is 2.72. The normalized spacial score (nSPS) is 10.9. The molecule has 2 aromatic rings. The molecule has 0 aromatic heterocycles. The van der Waals surface area contributed by atoms with E-state index in [9.17, 15) is 0 Å². The number of methoxy groups -OCH3 is 1. The fourth-order valence-electron chi connectivity index (χ4n) is 2.58. The van der Waals surface area contributed by atoms with Gasteiger partial charge < -0.3 is 20.1 Å². The number of halogens is 1. The highest BCUT2D eigenvalue weighted by atomic mass is 127. The van der Waals surface area contributed by atoms with E-state index in [1.54, 1.807) is 7.11 Å². The Labute approximate surface area is 186 Å². The Bertz CT molecular complexity index is 680. The molecule has 0 unspecified atom stereocenters. The summed E-state index contributed by atoms with van der Waals surface area (Å²) in [7, 11) is 1.68. The van der Waals surface area contributed by atoms with Crippen molar-refractivity contribution in [1.29, 1.82) is 0 Å². The molecular formula is C22H32IN3O2. The number of aliphatic imine (C=N–C) groups is 1. The van der Waals surface area contributed by atoms with Crippen molar-refractivity contribution in [2.75, 3.05) is 26.8 Å². The molecule has 154 valence electrons. The van der Waals surface area contributed by atoms with Gasteiger partial charge in [0.05, 0.1) is 20.3 Å². The summed E-state index contributed by atoms with van der Waals surface area (Å²) in [4.78, 5) is 4.64. The molecule has 6 heteroatoms. The van der Waals surface area contributed by atoms with Crippen LogP contribution in [0.5, 0.6) is 5.75 Å². The number of hydrogen-bond acceptors (Lipinski definition) is 3. The fraction of sp³-hybridized carbons (Fsp3) is 0.409. The van der Waals surface area contributed by atoms with E-state index in [4.69, 9.17) is 9.47 Å². The van der Waals surface area contributed by atoms with Gasteiger partial charge >= 0.3 is 0 Å². The van der Waals surface area contributed by atoms with Crippen molar-refractivity contribution in [2.45, 2.75) is 32.9 Å². The maximum Gasteiger partial charge on any atom is 0.191 e. The fourth-order valence-corrected chi connectivity index (χ4v) is 2.58. The SMILES string of the molecule is CCNC(=NCc1cccc(OC)c1)NCCCCOCc1ccccc1.I. The third kappa shape index (κ3) is 9.94. The molecule has 0 radical (unpaired) electrons. The molecule has 0 amide bonds. The second kappa shape index (κ2) is 15.2. The maximum atomic E-state index is 5.72.